The summed E-state index contributed by atoms with van der Waals surface area (Å²) >= 11 is 0. The fourth-order valence-electron chi connectivity index (χ4n) is 8.46. The van der Waals surface area contributed by atoms with Crippen LogP contribution in [0.3, 0.4) is 0 Å². The van der Waals surface area contributed by atoms with E-state index in [9.17, 15) is 10.5 Å². The predicted molar refractivity (Wildman–Crippen MR) is 246 cm³/mol. The smallest absolute Gasteiger partial charge is 0.281 e. The van der Waals surface area contributed by atoms with Crippen LogP contribution >= 0.6 is 0 Å². The molecule has 0 aromatic heterocycles. The second-order valence-corrected chi connectivity index (χ2v) is 18.1. The van der Waals surface area contributed by atoms with E-state index in [2.05, 4.69) is 12.1 Å². The summed E-state index contributed by atoms with van der Waals surface area (Å²) in [6.07, 6.45) is -1.84. The lowest BCUT2D eigenvalue weighted by atomic mass is 9.86. The van der Waals surface area contributed by atoms with Crippen molar-refractivity contribution in [1.82, 2.24) is 0 Å². The summed E-state index contributed by atoms with van der Waals surface area (Å²) in [5.74, 6) is -8.26. The molecule has 0 saturated carbocycles. The number of hydrogen-bond donors (Lipinski definition) is 0. The molecule has 314 valence electrons. The van der Waals surface area contributed by atoms with Crippen molar-refractivity contribution in [1.29, 1.82) is 10.5 Å². The molecule has 0 aliphatic heterocycles. The minimum Gasteiger partial charge on any atom is -0.309 e. The van der Waals surface area contributed by atoms with Crippen LogP contribution in [0, 0.1) is 22.7 Å². The van der Waals surface area contributed by atoms with Crippen molar-refractivity contribution in [2.45, 2.75) is 70.6 Å². The van der Waals surface area contributed by atoms with Crippen molar-refractivity contribution in [3.63, 3.8) is 0 Å². The SMILES string of the molecule is CC(C)(C)c1ccc(N(c2ccc(-c3ccccc3)cc2)c2c(C#N)c(C#N)c(N(c3ccc(-c4ccccc4)cc3)c3ccc(C(C)(C)C)cc3)c3c2C(F)(F)CC3(F)F)cc1. The Morgan fingerprint density at radius 3 is 0.952 bits per heavy atom. The predicted octanol–water partition coefficient (Wildman–Crippen LogP) is 15.9. The number of nitriles is 2. The molecule has 0 heterocycles. The third kappa shape index (κ3) is 7.94. The van der Waals surface area contributed by atoms with Gasteiger partial charge in [-0.15, -0.1) is 0 Å². The number of nitrogens with zero attached hydrogens (tertiary/aromatic N) is 4. The maximum atomic E-state index is 17.1. The first-order chi connectivity index (χ1) is 29.9. The lowest BCUT2D eigenvalue weighted by Crippen LogP contribution is -2.23. The van der Waals surface area contributed by atoms with Gasteiger partial charge < -0.3 is 9.80 Å². The Kier molecular flexibility index (Phi) is 10.8. The number of benzene rings is 7. The summed E-state index contributed by atoms with van der Waals surface area (Å²) in [6, 6.07) is 51.9. The van der Waals surface area contributed by atoms with Crippen molar-refractivity contribution in [2.75, 3.05) is 9.80 Å². The topological polar surface area (TPSA) is 54.1 Å². The molecule has 7 aromatic rings. The van der Waals surface area contributed by atoms with Crippen LogP contribution in [0.1, 0.15) is 81.3 Å². The van der Waals surface area contributed by atoms with Gasteiger partial charge in [-0.25, -0.2) is 17.6 Å². The summed E-state index contributed by atoms with van der Waals surface area (Å²) in [7, 11) is 0. The minimum absolute atomic E-state index is 0.266. The van der Waals surface area contributed by atoms with E-state index in [0.717, 1.165) is 33.4 Å². The zero-order valence-electron chi connectivity index (χ0n) is 36.0. The summed E-state index contributed by atoms with van der Waals surface area (Å²) in [4.78, 5) is 2.85. The average molecular weight is 839 g/mol. The fourth-order valence-corrected chi connectivity index (χ4v) is 8.46. The maximum absolute atomic E-state index is 17.1. The molecule has 0 unspecified atom stereocenters. The van der Waals surface area contributed by atoms with Gasteiger partial charge >= 0.3 is 0 Å². The Morgan fingerprint density at radius 2 is 0.683 bits per heavy atom. The van der Waals surface area contributed by atoms with E-state index in [4.69, 9.17) is 0 Å². The first kappa shape index (κ1) is 42.5. The molecule has 0 bridgehead atoms. The van der Waals surface area contributed by atoms with Gasteiger partial charge in [0.2, 0.25) is 0 Å². The van der Waals surface area contributed by atoms with Gasteiger partial charge in [-0.2, -0.15) is 10.5 Å². The highest BCUT2D eigenvalue weighted by molar-refractivity contribution is 5.95. The van der Waals surface area contributed by atoms with E-state index >= 15 is 17.6 Å². The third-order valence-electron chi connectivity index (χ3n) is 11.7. The second kappa shape index (κ2) is 15.9. The van der Waals surface area contributed by atoms with Crippen LogP contribution in [-0.2, 0) is 22.7 Å². The van der Waals surface area contributed by atoms with Gasteiger partial charge in [0.15, 0.2) is 0 Å². The molecule has 8 heteroatoms. The van der Waals surface area contributed by atoms with E-state index in [1.54, 1.807) is 48.5 Å². The zero-order chi connectivity index (χ0) is 44.9. The molecular formula is C55H46F4N4. The monoisotopic (exact) mass is 838 g/mol. The molecule has 0 spiro atoms. The summed E-state index contributed by atoms with van der Waals surface area (Å²) in [5, 5.41) is 22.4. The van der Waals surface area contributed by atoms with Crippen LogP contribution in [0.25, 0.3) is 22.3 Å². The zero-order valence-corrected chi connectivity index (χ0v) is 36.0. The number of alkyl halides is 4. The Morgan fingerprint density at radius 1 is 0.413 bits per heavy atom. The van der Waals surface area contributed by atoms with E-state index in [0.29, 0.717) is 22.7 Å². The van der Waals surface area contributed by atoms with Gasteiger partial charge in [0, 0.05) is 22.7 Å². The Bertz CT molecular complexity index is 2660. The van der Waals surface area contributed by atoms with Crippen LogP contribution in [0.2, 0.25) is 0 Å². The van der Waals surface area contributed by atoms with Crippen LogP contribution < -0.4 is 9.80 Å². The highest BCUT2D eigenvalue weighted by Crippen LogP contribution is 2.63. The van der Waals surface area contributed by atoms with Crippen LogP contribution in [0.5, 0.6) is 0 Å². The molecule has 0 N–H and O–H groups in total. The number of halogens is 4. The molecule has 8 rings (SSSR count). The highest BCUT2D eigenvalue weighted by atomic mass is 19.3. The molecule has 1 aliphatic carbocycles. The normalized spacial score (nSPS) is 14.0. The van der Waals surface area contributed by atoms with Gasteiger partial charge in [-0.05, 0) is 92.7 Å². The first-order valence-corrected chi connectivity index (χ1v) is 20.9. The number of anilines is 6. The standard InChI is InChI=1S/C55H46F4N4/c1-52(2,3)40-21-29-44(30-22-40)62(42-25-17-38(18-26-42)36-13-9-7-10-14-36)50-46(33-60)47(34-61)51(49-48(50)54(56,57)35-55(49,58)59)63(45-31-23-41(24-32-45)53(4,5)6)43-27-19-39(20-28-43)37-15-11-8-12-16-37/h7-32H,35H2,1-6H3. The Hall–Kier alpha value is -7.16. The van der Waals surface area contributed by atoms with Gasteiger partial charge in [0.05, 0.1) is 40.0 Å². The van der Waals surface area contributed by atoms with E-state index < -0.39 is 51.9 Å². The summed E-state index contributed by atoms with van der Waals surface area (Å²) in [6.45, 7) is 12.3. The largest absolute Gasteiger partial charge is 0.309 e. The van der Waals surface area contributed by atoms with E-state index in [-0.39, 0.29) is 10.8 Å². The molecular weight excluding hydrogens is 793 g/mol. The van der Waals surface area contributed by atoms with Crippen molar-refractivity contribution in [3.8, 4) is 34.4 Å². The van der Waals surface area contributed by atoms with Crippen molar-refractivity contribution in [3.05, 3.63) is 191 Å². The van der Waals surface area contributed by atoms with Gasteiger partial charge in [-0.1, -0.05) is 151 Å². The minimum atomic E-state index is -4.13. The molecule has 0 radical (unpaired) electrons. The first-order valence-electron chi connectivity index (χ1n) is 20.9. The molecule has 0 amide bonds. The number of fused-ring (bicyclic) bond motifs is 1. The average Bonchev–Trinajstić information content (AvgIpc) is 3.47. The van der Waals surface area contributed by atoms with Crippen molar-refractivity contribution in [2.24, 2.45) is 0 Å². The summed E-state index contributed by atoms with van der Waals surface area (Å²) in [5.41, 5.74) is 2.43. The highest BCUT2D eigenvalue weighted by Gasteiger charge is 2.60. The third-order valence-corrected chi connectivity index (χ3v) is 11.7. The molecule has 0 atom stereocenters. The lowest BCUT2D eigenvalue weighted by molar-refractivity contribution is -0.0920. The van der Waals surface area contributed by atoms with Crippen LogP contribution in [0.15, 0.2) is 158 Å². The van der Waals surface area contributed by atoms with E-state index in [1.807, 2.05) is 151 Å². The molecule has 0 fully saturated rings. The van der Waals surface area contributed by atoms with Gasteiger partial charge in [0.1, 0.15) is 12.1 Å². The molecule has 63 heavy (non-hydrogen) atoms. The van der Waals surface area contributed by atoms with Crippen LogP contribution in [0.4, 0.5) is 51.7 Å². The lowest BCUT2D eigenvalue weighted by Gasteiger charge is -2.35. The molecule has 4 nitrogen and oxygen atoms in total. The second-order valence-electron chi connectivity index (χ2n) is 18.1. The Balaban J connectivity index is 1.45. The Labute approximate surface area is 366 Å². The maximum Gasteiger partial charge on any atom is 0.281 e. The number of hydrogen-bond acceptors (Lipinski definition) is 4. The molecule has 7 aromatic carbocycles. The molecule has 1 aliphatic rings. The quantitative estimate of drug-likeness (QED) is 0.143. The van der Waals surface area contributed by atoms with Crippen molar-refractivity contribution < 1.29 is 17.6 Å². The summed E-state index contributed by atoms with van der Waals surface area (Å²) < 4.78 is 68.4. The van der Waals surface area contributed by atoms with Gasteiger partial charge in [0.25, 0.3) is 11.8 Å². The fraction of sp³-hybridized carbons (Fsp3) is 0.200. The van der Waals surface area contributed by atoms with Crippen molar-refractivity contribution >= 4 is 34.1 Å². The van der Waals surface area contributed by atoms with Crippen LogP contribution in [-0.4, -0.2) is 0 Å². The van der Waals surface area contributed by atoms with E-state index in [1.165, 1.54) is 9.80 Å². The molecule has 0 saturated heterocycles. The van der Waals surface area contributed by atoms with Gasteiger partial charge in [-0.3, -0.25) is 0 Å². The number of rotatable bonds is 8.